The molecule has 0 amide bonds. The highest BCUT2D eigenvalue weighted by molar-refractivity contribution is 5.27. The van der Waals surface area contributed by atoms with Crippen molar-refractivity contribution in [3.63, 3.8) is 0 Å². The Morgan fingerprint density at radius 3 is 2.41 bits per heavy atom. The molecule has 2 fully saturated rings. The van der Waals surface area contributed by atoms with Crippen LogP contribution in [0.4, 0.5) is 13.2 Å². The lowest BCUT2D eigenvalue weighted by Gasteiger charge is -2.33. The molecule has 3 rings (SSSR count). The summed E-state index contributed by atoms with van der Waals surface area (Å²) < 4.78 is 44.9. The maximum absolute atomic E-state index is 13.0. The minimum absolute atomic E-state index is 0.0130. The molecule has 3 atom stereocenters. The van der Waals surface area contributed by atoms with E-state index in [1.807, 2.05) is 12.1 Å². The first kappa shape index (κ1) is 22.5. The van der Waals surface area contributed by atoms with Gasteiger partial charge >= 0.3 is 6.18 Å². The van der Waals surface area contributed by atoms with Crippen molar-refractivity contribution in [1.82, 2.24) is 5.32 Å². The number of rotatable bonds is 8. The Kier molecular flexibility index (Phi) is 8.28. The van der Waals surface area contributed by atoms with Gasteiger partial charge in [-0.1, -0.05) is 37.8 Å². The lowest BCUT2D eigenvalue weighted by molar-refractivity contribution is -0.183. The van der Waals surface area contributed by atoms with Crippen LogP contribution in [0.25, 0.3) is 0 Å². The molecule has 164 valence electrons. The Morgan fingerprint density at radius 1 is 1.00 bits per heavy atom. The minimum atomic E-state index is -4.05. The molecule has 2 aliphatic rings. The molecule has 2 saturated carbocycles. The summed E-state index contributed by atoms with van der Waals surface area (Å²) in [5, 5.41) is 3.43. The van der Waals surface area contributed by atoms with E-state index in [1.165, 1.54) is 37.7 Å². The van der Waals surface area contributed by atoms with Gasteiger partial charge in [-0.05, 0) is 75.5 Å². The summed E-state index contributed by atoms with van der Waals surface area (Å²) in [6.45, 7) is 2.90. The summed E-state index contributed by atoms with van der Waals surface area (Å²) >= 11 is 0. The van der Waals surface area contributed by atoms with E-state index in [0.717, 1.165) is 31.6 Å². The van der Waals surface area contributed by atoms with Crippen molar-refractivity contribution in [3.05, 3.63) is 29.8 Å². The van der Waals surface area contributed by atoms with Crippen LogP contribution >= 0.6 is 0 Å². The molecule has 0 saturated heterocycles. The van der Waals surface area contributed by atoms with E-state index in [9.17, 15) is 13.2 Å². The van der Waals surface area contributed by atoms with Crippen LogP contribution < -0.4 is 10.1 Å². The van der Waals surface area contributed by atoms with Crippen molar-refractivity contribution in [2.24, 2.45) is 11.8 Å². The molecule has 0 spiro atoms. The van der Waals surface area contributed by atoms with Gasteiger partial charge in [0.2, 0.25) is 0 Å². The molecule has 0 aliphatic heterocycles. The van der Waals surface area contributed by atoms with Gasteiger partial charge in [-0.2, -0.15) is 13.2 Å². The van der Waals surface area contributed by atoms with Crippen LogP contribution in [-0.2, 0) is 6.42 Å². The van der Waals surface area contributed by atoms with Gasteiger partial charge in [-0.3, -0.25) is 0 Å². The van der Waals surface area contributed by atoms with E-state index >= 15 is 0 Å². The van der Waals surface area contributed by atoms with Crippen LogP contribution in [0.5, 0.6) is 5.75 Å². The molecular weight excluding hydrogens is 375 g/mol. The van der Waals surface area contributed by atoms with Crippen LogP contribution in [0, 0.1) is 11.8 Å². The molecular formula is C24H36F3NO. The summed E-state index contributed by atoms with van der Waals surface area (Å²) in [6.07, 6.45) is 6.41. The third-order valence-corrected chi connectivity index (χ3v) is 6.66. The van der Waals surface area contributed by atoms with Gasteiger partial charge in [-0.25, -0.2) is 0 Å². The van der Waals surface area contributed by atoms with Crippen LogP contribution in [0.15, 0.2) is 24.3 Å². The molecule has 3 unspecified atom stereocenters. The lowest BCUT2D eigenvalue weighted by Crippen LogP contribution is -2.42. The van der Waals surface area contributed by atoms with Crippen LogP contribution in [0.1, 0.15) is 76.7 Å². The van der Waals surface area contributed by atoms with E-state index in [2.05, 4.69) is 24.4 Å². The van der Waals surface area contributed by atoms with Gasteiger partial charge in [0.25, 0.3) is 0 Å². The summed E-state index contributed by atoms with van der Waals surface area (Å²) in [6, 6.07) is 8.53. The fourth-order valence-electron chi connectivity index (χ4n) is 4.83. The third-order valence-electron chi connectivity index (χ3n) is 6.66. The monoisotopic (exact) mass is 411 g/mol. The van der Waals surface area contributed by atoms with E-state index in [0.29, 0.717) is 12.3 Å². The highest BCUT2D eigenvalue weighted by atomic mass is 19.4. The van der Waals surface area contributed by atoms with Gasteiger partial charge in [-0.15, -0.1) is 0 Å². The standard InChI is InChI=1S/C24H36F3NO/c1-18(28-22-9-5-8-21(16-22)24(25,26)27)10-11-19-12-14-23(15-13-19)29-17-20-6-3-2-4-7-20/h12-15,18,20-22,28H,2-11,16-17H2,1H3. The van der Waals surface area contributed by atoms with E-state index in [4.69, 9.17) is 4.74 Å². The predicted octanol–water partition coefficient (Wildman–Crippen LogP) is 6.68. The number of nitrogens with one attached hydrogen (secondary N) is 1. The smallest absolute Gasteiger partial charge is 0.391 e. The number of halogens is 3. The topological polar surface area (TPSA) is 21.3 Å². The largest absolute Gasteiger partial charge is 0.493 e. The van der Waals surface area contributed by atoms with Gasteiger partial charge < -0.3 is 10.1 Å². The maximum Gasteiger partial charge on any atom is 0.391 e. The second-order valence-corrected chi connectivity index (χ2v) is 9.17. The molecule has 0 radical (unpaired) electrons. The fraction of sp³-hybridized carbons (Fsp3) is 0.750. The van der Waals surface area contributed by atoms with Crippen LogP contribution in [0.3, 0.4) is 0 Å². The zero-order chi connectivity index (χ0) is 20.7. The quantitative estimate of drug-likeness (QED) is 0.515. The number of ether oxygens (including phenoxy) is 1. The molecule has 5 heteroatoms. The van der Waals surface area contributed by atoms with Gasteiger partial charge in [0.1, 0.15) is 5.75 Å². The molecule has 0 aromatic heterocycles. The first-order chi connectivity index (χ1) is 13.9. The zero-order valence-corrected chi connectivity index (χ0v) is 17.6. The lowest BCUT2D eigenvalue weighted by atomic mass is 9.85. The number of hydrogen-bond acceptors (Lipinski definition) is 2. The van der Waals surface area contributed by atoms with Gasteiger partial charge in [0.15, 0.2) is 0 Å². The Balaban J connectivity index is 1.37. The van der Waals surface area contributed by atoms with Crippen molar-refractivity contribution in [1.29, 1.82) is 0 Å². The average Bonchev–Trinajstić information content (AvgIpc) is 2.72. The highest BCUT2D eigenvalue weighted by Crippen LogP contribution is 2.37. The predicted molar refractivity (Wildman–Crippen MR) is 111 cm³/mol. The van der Waals surface area contributed by atoms with E-state index in [1.54, 1.807) is 0 Å². The summed E-state index contributed by atoms with van der Waals surface area (Å²) in [5.74, 6) is 0.500. The summed E-state index contributed by atoms with van der Waals surface area (Å²) in [5.41, 5.74) is 1.25. The minimum Gasteiger partial charge on any atom is -0.493 e. The molecule has 1 aromatic carbocycles. The van der Waals surface area contributed by atoms with Crippen molar-refractivity contribution in [2.75, 3.05) is 6.61 Å². The molecule has 0 heterocycles. The van der Waals surface area contributed by atoms with Crippen molar-refractivity contribution in [3.8, 4) is 5.75 Å². The van der Waals surface area contributed by atoms with Gasteiger partial charge in [0.05, 0.1) is 12.5 Å². The van der Waals surface area contributed by atoms with Crippen molar-refractivity contribution >= 4 is 0 Å². The van der Waals surface area contributed by atoms with Gasteiger partial charge in [0, 0.05) is 12.1 Å². The molecule has 29 heavy (non-hydrogen) atoms. The average molecular weight is 412 g/mol. The molecule has 1 aromatic rings. The molecule has 2 nitrogen and oxygen atoms in total. The van der Waals surface area contributed by atoms with Crippen molar-refractivity contribution < 1.29 is 17.9 Å². The maximum atomic E-state index is 13.0. The number of aryl methyl sites for hydroxylation is 1. The highest BCUT2D eigenvalue weighted by Gasteiger charge is 2.42. The molecule has 0 bridgehead atoms. The SMILES string of the molecule is CC(CCc1ccc(OCC2CCCCC2)cc1)NC1CCCC(C(F)(F)F)C1. The Morgan fingerprint density at radius 2 is 1.72 bits per heavy atom. The Bertz CT molecular complexity index is 595. The Labute approximate surface area is 173 Å². The molecule has 2 aliphatic carbocycles. The van der Waals surface area contributed by atoms with Crippen molar-refractivity contribution in [2.45, 2.75) is 95.8 Å². The Hall–Kier alpha value is -1.23. The second kappa shape index (κ2) is 10.7. The fourth-order valence-corrected chi connectivity index (χ4v) is 4.83. The van der Waals surface area contributed by atoms with Crippen LogP contribution in [0.2, 0.25) is 0 Å². The van der Waals surface area contributed by atoms with Crippen LogP contribution in [-0.4, -0.2) is 24.9 Å². The third kappa shape index (κ3) is 7.51. The first-order valence-corrected chi connectivity index (χ1v) is 11.4. The number of alkyl halides is 3. The summed E-state index contributed by atoms with van der Waals surface area (Å²) in [7, 11) is 0. The number of benzene rings is 1. The second-order valence-electron chi connectivity index (χ2n) is 9.17. The molecule has 1 N–H and O–H groups in total. The van der Waals surface area contributed by atoms with E-state index in [-0.39, 0.29) is 24.9 Å². The number of hydrogen-bond donors (Lipinski definition) is 1. The normalized spacial score (nSPS) is 25.0. The zero-order valence-electron chi connectivity index (χ0n) is 17.6. The first-order valence-electron chi connectivity index (χ1n) is 11.4. The summed E-state index contributed by atoms with van der Waals surface area (Å²) in [4.78, 5) is 0. The van der Waals surface area contributed by atoms with E-state index < -0.39 is 12.1 Å².